The molecular formula is C20H30FN3O2. The average Bonchev–Trinajstić information content (AvgIpc) is 2.61. The Morgan fingerprint density at radius 1 is 1.15 bits per heavy atom. The second kappa shape index (κ2) is 8.82. The van der Waals surface area contributed by atoms with Gasteiger partial charge in [-0.2, -0.15) is 0 Å². The van der Waals surface area contributed by atoms with Gasteiger partial charge in [0.05, 0.1) is 12.2 Å². The Balaban J connectivity index is 1.37. The predicted molar refractivity (Wildman–Crippen MR) is 101 cm³/mol. The Kier molecular flexibility index (Phi) is 6.48. The first-order valence-electron chi connectivity index (χ1n) is 9.67. The van der Waals surface area contributed by atoms with Gasteiger partial charge in [0.1, 0.15) is 5.82 Å². The predicted octanol–water partition coefficient (Wildman–Crippen LogP) is 2.41. The number of piperidine rings is 1. The summed E-state index contributed by atoms with van der Waals surface area (Å²) in [5.41, 5.74) is 1.05. The summed E-state index contributed by atoms with van der Waals surface area (Å²) in [5, 5.41) is 3.18. The largest absolute Gasteiger partial charge is 0.373 e. The van der Waals surface area contributed by atoms with Crippen molar-refractivity contribution in [3.8, 4) is 0 Å². The number of hydrogen-bond donors (Lipinski definition) is 1. The topological polar surface area (TPSA) is 44.8 Å². The molecule has 2 saturated heterocycles. The third-order valence-corrected chi connectivity index (χ3v) is 5.20. The fourth-order valence-corrected chi connectivity index (χ4v) is 3.96. The fraction of sp³-hybridized carbons (Fsp3) is 0.650. The summed E-state index contributed by atoms with van der Waals surface area (Å²) in [6, 6.07) is 6.87. The standard InChI is InChI=1S/C20H30FN3O2/c1-15-13-23(14-16(2)26-15)10-9-20(25)22-18-7-11-24(12-8-18)19-5-3-17(21)4-6-19/h3-6,15-16,18H,7-14H2,1-2H3,(H,22,25)/t15-,16+. The Morgan fingerprint density at radius 3 is 2.38 bits per heavy atom. The molecule has 2 aliphatic heterocycles. The highest BCUT2D eigenvalue weighted by Crippen LogP contribution is 2.20. The zero-order valence-corrected chi connectivity index (χ0v) is 15.8. The Hall–Kier alpha value is -1.66. The summed E-state index contributed by atoms with van der Waals surface area (Å²) >= 11 is 0. The van der Waals surface area contributed by atoms with Crippen molar-refractivity contribution in [1.29, 1.82) is 0 Å². The van der Waals surface area contributed by atoms with Crippen LogP contribution in [0.4, 0.5) is 10.1 Å². The minimum absolute atomic E-state index is 0.136. The van der Waals surface area contributed by atoms with E-state index in [1.165, 1.54) is 12.1 Å². The van der Waals surface area contributed by atoms with Crippen LogP contribution >= 0.6 is 0 Å². The summed E-state index contributed by atoms with van der Waals surface area (Å²) in [6.07, 6.45) is 2.86. The molecule has 2 fully saturated rings. The number of rotatable bonds is 5. The van der Waals surface area contributed by atoms with Gasteiger partial charge in [0.2, 0.25) is 5.91 Å². The van der Waals surface area contributed by atoms with Gasteiger partial charge in [-0.3, -0.25) is 9.69 Å². The van der Waals surface area contributed by atoms with E-state index < -0.39 is 0 Å². The SMILES string of the molecule is C[C@@H]1CN(CCC(=O)NC2CCN(c3ccc(F)cc3)CC2)C[C@H](C)O1. The van der Waals surface area contributed by atoms with E-state index in [-0.39, 0.29) is 30.0 Å². The molecule has 5 nitrogen and oxygen atoms in total. The van der Waals surface area contributed by atoms with E-state index in [2.05, 4.69) is 29.0 Å². The van der Waals surface area contributed by atoms with E-state index in [1.54, 1.807) is 0 Å². The van der Waals surface area contributed by atoms with Crippen molar-refractivity contribution >= 4 is 11.6 Å². The minimum Gasteiger partial charge on any atom is -0.373 e. The van der Waals surface area contributed by atoms with Gasteiger partial charge in [-0.15, -0.1) is 0 Å². The molecule has 1 aromatic rings. The van der Waals surface area contributed by atoms with Crippen LogP contribution in [0.3, 0.4) is 0 Å². The molecule has 0 saturated carbocycles. The number of benzene rings is 1. The molecule has 0 aromatic heterocycles. The van der Waals surface area contributed by atoms with Crippen molar-refractivity contribution in [2.45, 2.75) is 51.4 Å². The molecule has 1 aromatic carbocycles. The number of hydrogen-bond acceptors (Lipinski definition) is 4. The van der Waals surface area contributed by atoms with Crippen LogP contribution in [0.15, 0.2) is 24.3 Å². The summed E-state index contributed by atoms with van der Waals surface area (Å²) in [4.78, 5) is 16.8. The number of halogens is 1. The van der Waals surface area contributed by atoms with Crippen LogP contribution in [0.1, 0.15) is 33.1 Å². The van der Waals surface area contributed by atoms with Gasteiger partial charge < -0.3 is 15.0 Å². The average molecular weight is 363 g/mol. The molecule has 6 heteroatoms. The number of nitrogens with zero attached hydrogens (tertiary/aromatic N) is 2. The molecule has 0 unspecified atom stereocenters. The monoisotopic (exact) mass is 363 g/mol. The van der Waals surface area contributed by atoms with Gasteiger partial charge in [-0.25, -0.2) is 4.39 Å². The molecule has 0 radical (unpaired) electrons. The fourth-order valence-electron chi connectivity index (χ4n) is 3.96. The normalized spacial score (nSPS) is 25.3. The third kappa shape index (κ3) is 5.42. The van der Waals surface area contributed by atoms with Crippen LogP contribution in [0, 0.1) is 5.82 Å². The molecule has 0 aliphatic carbocycles. The number of ether oxygens (including phenoxy) is 1. The lowest BCUT2D eigenvalue weighted by atomic mass is 10.0. The van der Waals surface area contributed by atoms with Gasteiger partial charge in [0.25, 0.3) is 0 Å². The number of anilines is 1. The second-order valence-electron chi connectivity index (χ2n) is 7.57. The number of nitrogens with one attached hydrogen (secondary N) is 1. The van der Waals surface area contributed by atoms with Crippen molar-refractivity contribution < 1.29 is 13.9 Å². The van der Waals surface area contributed by atoms with Crippen LogP contribution in [0.5, 0.6) is 0 Å². The number of carbonyl (C=O) groups is 1. The van der Waals surface area contributed by atoms with Gasteiger partial charge in [0, 0.05) is 50.9 Å². The lowest BCUT2D eigenvalue weighted by Gasteiger charge is -2.36. The quantitative estimate of drug-likeness (QED) is 0.873. The Morgan fingerprint density at radius 2 is 1.77 bits per heavy atom. The first-order chi connectivity index (χ1) is 12.5. The molecule has 0 spiro atoms. The van der Waals surface area contributed by atoms with E-state index in [0.29, 0.717) is 6.42 Å². The molecule has 1 N–H and O–H groups in total. The maximum absolute atomic E-state index is 13.0. The van der Waals surface area contributed by atoms with Crippen molar-refractivity contribution in [2.75, 3.05) is 37.6 Å². The molecule has 26 heavy (non-hydrogen) atoms. The van der Waals surface area contributed by atoms with E-state index >= 15 is 0 Å². The highest BCUT2D eigenvalue weighted by atomic mass is 19.1. The van der Waals surface area contributed by atoms with Crippen molar-refractivity contribution in [3.05, 3.63) is 30.1 Å². The zero-order valence-electron chi connectivity index (χ0n) is 15.8. The molecule has 2 heterocycles. The summed E-state index contributed by atoms with van der Waals surface area (Å²) in [5.74, 6) is -0.0722. The first-order valence-corrected chi connectivity index (χ1v) is 9.67. The number of morpholine rings is 1. The second-order valence-corrected chi connectivity index (χ2v) is 7.57. The maximum Gasteiger partial charge on any atom is 0.221 e. The van der Waals surface area contributed by atoms with Crippen molar-refractivity contribution in [2.24, 2.45) is 0 Å². The zero-order chi connectivity index (χ0) is 18.5. The first kappa shape index (κ1) is 19.1. The van der Waals surface area contributed by atoms with Gasteiger partial charge in [0.15, 0.2) is 0 Å². The smallest absolute Gasteiger partial charge is 0.221 e. The number of amides is 1. The van der Waals surface area contributed by atoms with Crippen LogP contribution < -0.4 is 10.2 Å². The summed E-state index contributed by atoms with van der Waals surface area (Å²) in [6.45, 7) is 8.51. The van der Waals surface area contributed by atoms with Crippen molar-refractivity contribution in [1.82, 2.24) is 10.2 Å². The lowest BCUT2D eigenvalue weighted by molar-refractivity contribution is -0.123. The van der Waals surface area contributed by atoms with Gasteiger partial charge >= 0.3 is 0 Å². The van der Waals surface area contributed by atoms with Gasteiger partial charge in [-0.1, -0.05) is 0 Å². The Bertz CT molecular complexity index is 577. The minimum atomic E-state index is -0.208. The third-order valence-electron chi connectivity index (χ3n) is 5.20. The van der Waals surface area contributed by atoms with Crippen LogP contribution in [0.25, 0.3) is 0 Å². The lowest BCUT2D eigenvalue weighted by Crippen LogP contribution is -2.48. The van der Waals surface area contributed by atoms with Crippen LogP contribution in [0.2, 0.25) is 0 Å². The molecular weight excluding hydrogens is 333 g/mol. The van der Waals surface area contributed by atoms with E-state index in [1.807, 2.05) is 12.1 Å². The maximum atomic E-state index is 13.0. The highest BCUT2D eigenvalue weighted by Gasteiger charge is 2.24. The van der Waals surface area contributed by atoms with Crippen molar-refractivity contribution in [3.63, 3.8) is 0 Å². The molecule has 144 valence electrons. The highest BCUT2D eigenvalue weighted by molar-refractivity contribution is 5.76. The van der Waals surface area contributed by atoms with E-state index in [9.17, 15) is 9.18 Å². The molecule has 2 aliphatic rings. The van der Waals surface area contributed by atoms with E-state index in [0.717, 1.165) is 51.3 Å². The summed E-state index contributed by atoms with van der Waals surface area (Å²) < 4.78 is 18.8. The van der Waals surface area contributed by atoms with Gasteiger partial charge in [-0.05, 0) is 51.0 Å². The molecule has 0 bridgehead atoms. The van der Waals surface area contributed by atoms with Crippen LogP contribution in [-0.4, -0.2) is 61.8 Å². The Labute approximate surface area is 155 Å². The molecule has 1 amide bonds. The molecule has 3 rings (SSSR count). The van der Waals surface area contributed by atoms with Crippen LogP contribution in [-0.2, 0) is 9.53 Å². The molecule has 2 atom stereocenters. The summed E-state index contributed by atoms with van der Waals surface area (Å²) in [7, 11) is 0. The number of carbonyl (C=O) groups excluding carboxylic acids is 1. The van der Waals surface area contributed by atoms with E-state index in [4.69, 9.17) is 4.74 Å².